The first kappa shape index (κ1) is 13.4. The van der Waals surface area contributed by atoms with Gasteiger partial charge in [-0.05, 0) is 57.0 Å². The van der Waals surface area contributed by atoms with Crippen molar-refractivity contribution in [2.45, 2.75) is 32.2 Å². The van der Waals surface area contributed by atoms with E-state index in [4.69, 9.17) is 4.74 Å². The Morgan fingerprint density at radius 2 is 2.17 bits per heavy atom. The minimum Gasteiger partial charge on any atom is -0.494 e. The lowest BCUT2D eigenvalue weighted by Gasteiger charge is -2.23. The third-order valence-electron chi connectivity index (χ3n) is 3.38. The van der Waals surface area contributed by atoms with Crippen molar-refractivity contribution in [3.8, 4) is 5.75 Å². The van der Waals surface area contributed by atoms with E-state index >= 15 is 0 Å². The fourth-order valence-electron chi connectivity index (χ4n) is 2.37. The van der Waals surface area contributed by atoms with Gasteiger partial charge in [-0.1, -0.05) is 12.1 Å². The second-order valence-electron chi connectivity index (χ2n) is 4.82. The topological polar surface area (TPSA) is 33.3 Å². The molecule has 0 aromatic heterocycles. The Labute approximate surface area is 110 Å². The summed E-state index contributed by atoms with van der Waals surface area (Å²) in [5.74, 6) is 0.964. The quantitative estimate of drug-likeness (QED) is 0.807. The Morgan fingerprint density at radius 1 is 1.33 bits per heavy atom. The lowest BCUT2D eigenvalue weighted by Crippen LogP contribution is -2.43. The number of rotatable bonds is 6. The van der Waals surface area contributed by atoms with Crippen molar-refractivity contribution in [2.24, 2.45) is 0 Å². The second kappa shape index (κ2) is 7.39. The summed E-state index contributed by atoms with van der Waals surface area (Å²) in [5, 5.41) is 7.04. The highest BCUT2D eigenvalue weighted by Gasteiger charge is 2.11. The molecule has 2 N–H and O–H groups in total. The standard InChI is InChI=1S/C15H24N2O/c1-2-18-15-7-5-13(6-8-15)9-11-17-14-4-3-10-16-12-14/h5-8,14,16-17H,2-4,9-12H2,1H3. The molecule has 1 aromatic carbocycles. The first-order valence-corrected chi connectivity index (χ1v) is 7.04. The van der Waals surface area contributed by atoms with Gasteiger partial charge in [0, 0.05) is 12.6 Å². The molecule has 3 nitrogen and oxygen atoms in total. The summed E-state index contributed by atoms with van der Waals surface area (Å²) in [6.07, 6.45) is 3.68. The molecule has 1 aliphatic heterocycles. The van der Waals surface area contributed by atoms with Gasteiger partial charge < -0.3 is 15.4 Å². The van der Waals surface area contributed by atoms with Crippen molar-refractivity contribution >= 4 is 0 Å². The summed E-state index contributed by atoms with van der Waals surface area (Å²) >= 11 is 0. The highest BCUT2D eigenvalue weighted by atomic mass is 16.5. The fraction of sp³-hybridized carbons (Fsp3) is 0.600. The van der Waals surface area contributed by atoms with Gasteiger partial charge in [-0.3, -0.25) is 0 Å². The number of hydrogen-bond acceptors (Lipinski definition) is 3. The molecule has 1 unspecified atom stereocenters. The van der Waals surface area contributed by atoms with Crippen LogP contribution < -0.4 is 15.4 Å². The van der Waals surface area contributed by atoms with Crippen molar-refractivity contribution in [1.29, 1.82) is 0 Å². The predicted octanol–water partition coefficient (Wildman–Crippen LogP) is 1.97. The molecule has 3 heteroatoms. The highest BCUT2D eigenvalue weighted by Crippen LogP contribution is 2.12. The Morgan fingerprint density at radius 3 is 2.83 bits per heavy atom. The van der Waals surface area contributed by atoms with Crippen molar-refractivity contribution in [1.82, 2.24) is 10.6 Å². The maximum Gasteiger partial charge on any atom is 0.119 e. The second-order valence-corrected chi connectivity index (χ2v) is 4.82. The van der Waals surface area contributed by atoms with Crippen LogP contribution in [0.5, 0.6) is 5.75 Å². The van der Waals surface area contributed by atoms with Gasteiger partial charge in [0.2, 0.25) is 0 Å². The van der Waals surface area contributed by atoms with Gasteiger partial charge in [-0.25, -0.2) is 0 Å². The zero-order valence-corrected chi connectivity index (χ0v) is 11.2. The first-order chi connectivity index (χ1) is 8.88. The average molecular weight is 248 g/mol. The Bertz CT molecular complexity index is 331. The number of piperidine rings is 1. The van der Waals surface area contributed by atoms with E-state index in [0.29, 0.717) is 6.04 Å². The SMILES string of the molecule is CCOc1ccc(CCNC2CCCNC2)cc1. The number of benzene rings is 1. The van der Waals surface area contributed by atoms with Gasteiger partial charge in [0.15, 0.2) is 0 Å². The van der Waals surface area contributed by atoms with E-state index in [9.17, 15) is 0 Å². The van der Waals surface area contributed by atoms with E-state index in [-0.39, 0.29) is 0 Å². The van der Waals surface area contributed by atoms with Crippen LogP contribution >= 0.6 is 0 Å². The van der Waals surface area contributed by atoms with Crippen LogP contribution in [0.25, 0.3) is 0 Å². The molecule has 1 saturated heterocycles. The number of ether oxygens (including phenoxy) is 1. The molecule has 100 valence electrons. The van der Waals surface area contributed by atoms with Crippen molar-refractivity contribution in [3.63, 3.8) is 0 Å². The van der Waals surface area contributed by atoms with Crippen LogP contribution in [0.1, 0.15) is 25.3 Å². The van der Waals surface area contributed by atoms with Crippen LogP contribution in [0.15, 0.2) is 24.3 Å². The summed E-state index contributed by atoms with van der Waals surface area (Å²) in [5.41, 5.74) is 1.37. The molecule has 0 radical (unpaired) electrons. The van der Waals surface area contributed by atoms with E-state index in [1.165, 1.54) is 24.9 Å². The van der Waals surface area contributed by atoms with E-state index in [1.807, 2.05) is 6.92 Å². The number of nitrogens with one attached hydrogen (secondary N) is 2. The molecule has 0 bridgehead atoms. The smallest absolute Gasteiger partial charge is 0.119 e. The van der Waals surface area contributed by atoms with Gasteiger partial charge in [0.1, 0.15) is 5.75 Å². The molecule has 0 amide bonds. The van der Waals surface area contributed by atoms with Gasteiger partial charge >= 0.3 is 0 Å². The zero-order chi connectivity index (χ0) is 12.6. The van der Waals surface area contributed by atoms with Crippen LogP contribution in [0.2, 0.25) is 0 Å². The molecule has 0 spiro atoms. The van der Waals surface area contributed by atoms with Gasteiger partial charge in [0.25, 0.3) is 0 Å². The molecule has 1 heterocycles. The third-order valence-corrected chi connectivity index (χ3v) is 3.38. The Kier molecular flexibility index (Phi) is 5.49. The van der Waals surface area contributed by atoms with Gasteiger partial charge in [-0.2, -0.15) is 0 Å². The monoisotopic (exact) mass is 248 g/mol. The lowest BCUT2D eigenvalue weighted by molar-refractivity contribution is 0.340. The molecular formula is C15H24N2O. The first-order valence-electron chi connectivity index (χ1n) is 7.04. The molecule has 2 rings (SSSR count). The molecule has 1 aromatic rings. The summed E-state index contributed by atoms with van der Waals surface area (Å²) in [6.45, 7) is 6.09. The maximum atomic E-state index is 5.44. The van der Waals surface area contributed by atoms with Crippen molar-refractivity contribution < 1.29 is 4.74 Å². The molecule has 0 saturated carbocycles. The summed E-state index contributed by atoms with van der Waals surface area (Å²) in [6, 6.07) is 9.08. The molecule has 1 aliphatic rings. The van der Waals surface area contributed by atoms with Crippen LogP contribution in [0.3, 0.4) is 0 Å². The largest absolute Gasteiger partial charge is 0.494 e. The van der Waals surface area contributed by atoms with E-state index < -0.39 is 0 Å². The van der Waals surface area contributed by atoms with Gasteiger partial charge in [-0.15, -0.1) is 0 Å². The molecular weight excluding hydrogens is 224 g/mol. The Hall–Kier alpha value is -1.06. The number of hydrogen-bond donors (Lipinski definition) is 2. The molecule has 0 aliphatic carbocycles. The molecule has 18 heavy (non-hydrogen) atoms. The minimum atomic E-state index is 0.654. The maximum absolute atomic E-state index is 5.44. The van der Waals surface area contributed by atoms with Crippen LogP contribution in [0, 0.1) is 0 Å². The highest BCUT2D eigenvalue weighted by molar-refractivity contribution is 5.27. The summed E-state index contributed by atoms with van der Waals surface area (Å²) < 4.78 is 5.44. The Balaban J connectivity index is 1.69. The van der Waals surface area contributed by atoms with Crippen molar-refractivity contribution in [3.05, 3.63) is 29.8 Å². The minimum absolute atomic E-state index is 0.654. The molecule has 1 atom stereocenters. The normalized spacial score (nSPS) is 19.7. The fourth-order valence-corrected chi connectivity index (χ4v) is 2.37. The lowest BCUT2D eigenvalue weighted by atomic mass is 10.1. The van der Waals surface area contributed by atoms with Crippen LogP contribution in [-0.4, -0.2) is 32.3 Å². The third kappa shape index (κ3) is 4.31. The predicted molar refractivity (Wildman–Crippen MR) is 75.2 cm³/mol. The molecule has 1 fully saturated rings. The van der Waals surface area contributed by atoms with E-state index in [0.717, 1.165) is 31.9 Å². The van der Waals surface area contributed by atoms with E-state index in [2.05, 4.69) is 34.9 Å². The van der Waals surface area contributed by atoms with Crippen molar-refractivity contribution in [2.75, 3.05) is 26.2 Å². The summed E-state index contributed by atoms with van der Waals surface area (Å²) in [4.78, 5) is 0. The van der Waals surface area contributed by atoms with Crippen LogP contribution in [0.4, 0.5) is 0 Å². The zero-order valence-electron chi connectivity index (χ0n) is 11.2. The average Bonchev–Trinajstić information content (AvgIpc) is 2.42. The van der Waals surface area contributed by atoms with E-state index in [1.54, 1.807) is 0 Å². The van der Waals surface area contributed by atoms with Crippen LogP contribution in [-0.2, 0) is 6.42 Å². The van der Waals surface area contributed by atoms with Gasteiger partial charge in [0.05, 0.1) is 6.61 Å². The summed E-state index contributed by atoms with van der Waals surface area (Å²) in [7, 11) is 0.